The maximum atomic E-state index is 5.92. The second-order valence-electron chi connectivity index (χ2n) is 4.47. The van der Waals surface area contributed by atoms with Gasteiger partial charge in [0.15, 0.2) is 0 Å². The van der Waals surface area contributed by atoms with Crippen molar-refractivity contribution in [3.8, 4) is 11.5 Å². The molecule has 0 radical (unpaired) electrons. The highest BCUT2D eigenvalue weighted by Crippen LogP contribution is 2.31. The summed E-state index contributed by atoms with van der Waals surface area (Å²) in [4.78, 5) is 4.29. The van der Waals surface area contributed by atoms with Crippen LogP contribution in [0, 0.1) is 6.92 Å². The number of fused-ring (bicyclic) bond motifs is 1. The van der Waals surface area contributed by atoms with Gasteiger partial charge in [0.05, 0.1) is 11.2 Å². The van der Waals surface area contributed by atoms with E-state index in [1.165, 1.54) is 5.56 Å². The highest BCUT2D eigenvalue weighted by molar-refractivity contribution is 5.93. The van der Waals surface area contributed by atoms with Crippen molar-refractivity contribution in [2.45, 2.75) is 6.92 Å². The summed E-state index contributed by atoms with van der Waals surface area (Å²) >= 11 is 0. The van der Waals surface area contributed by atoms with E-state index in [2.05, 4.69) is 4.98 Å². The molecule has 2 aromatic carbocycles. The molecule has 0 aliphatic rings. The Morgan fingerprint density at radius 3 is 2.58 bits per heavy atom. The molecule has 3 aromatic rings. The van der Waals surface area contributed by atoms with E-state index in [9.17, 15) is 0 Å². The third-order valence-electron chi connectivity index (χ3n) is 3.01. The molecule has 0 unspecified atom stereocenters. The second-order valence-corrected chi connectivity index (χ2v) is 4.47. The van der Waals surface area contributed by atoms with E-state index in [4.69, 9.17) is 10.5 Å². The highest BCUT2D eigenvalue weighted by atomic mass is 16.5. The minimum atomic E-state index is 0.659. The molecule has 0 saturated carbocycles. The molecule has 0 amide bonds. The van der Waals surface area contributed by atoms with E-state index in [1.807, 2.05) is 55.5 Å². The van der Waals surface area contributed by atoms with Gasteiger partial charge >= 0.3 is 0 Å². The number of ether oxygens (including phenoxy) is 1. The lowest BCUT2D eigenvalue weighted by Gasteiger charge is -2.10. The zero-order valence-corrected chi connectivity index (χ0v) is 10.6. The van der Waals surface area contributed by atoms with Gasteiger partial charge in [-0.05, 0) is 43.3 Å². The van der Waals surface area contributed by atoms with Gasteiger partial charge in [-0.3, -0.25) is 4.98 Å². The zero-order chi connectivity index (χ0) is 13.2. The number of aryl methyl sites for hydroxylation is 1. The molecule has 3 heteroatoms. The number of hydrogen-bond donors (Lipinski definition) is 1. The summed E-state index contributed by atoms with van der Waals surface area (Å²) in [7, 11) is 0. The number of pyridine rings is 1. The van der Waals surface area contributed by atoms with Crippen LogP contribution in [0.2, 0.25) is 0 Å². The van der Waals surface area contributed by atoms with Crippen LogP contribution in [0.25, 0.3) is 10.9 Å². The Labute approximate surface area is 111 Å². The van der Waals surface area contributed by atoms with E-state index >= 15 is 0 Å². The number of nitrogens with zero attached hydrogens (tertiary/aromatic N) is 1. The van der Waals surface area contributed by atoms with Gasteiger partial charge in [0.1, 0.15) is 11.5 Å². The molecule has 0 saturated heterocycles. The molecular weight excluding hydrogens is 236 g/mol. The predicted octanol–water partition coefficient (Wildman–Crippen LogP) is 3.92. The Hall–Kier alpha value is -2.55. The molecule has 0 fully saturated rings. The molecule has 94 valence electrons. The first-order valence-corrected chi connectivity index (χ1v) is 6.12. The summed E-state index contributed by atoms with van der Waals surface area (Å²) in [5, 5.41) is 0.920. The normalized spacial score (nSPS) is 10.6. The summed E-state index contributed by atoms with van der Waals surface area (Å²) in [5.74, 6) is 1.57. The number of aromatic nitrogens is 1. The van der Waals surface area contributed by atoms with Crippen LogP contribution in [0.3, 0.4) is 0 Å². The topological polar surface area (TPSA) is 48.1 Å². The van der Waals surface area contributed by atoms with E-state index in [0.717, 1.165) is 22.4 Å². The fourth-order valence-corrected chi connectivity index (χ4v) is 1.99. The predicted molar refractivity (Wildman–Crippen MR) is 77.4 cm³/mol. The Kier molecular flexibility index (Phi) is 2.80. The molecule has 3 nitrogen and oxygen atoms in total. The molecule has 0 aliphatic heterocycles. The van der Waals surface area contributed by atoms with Crippen molar-refractivity contribution >= 4 is 16.6 Å². The first-order valence-electron chi connectivity index (χ1n) is 6.12. The van der Waals surface area contributed by atoms with Crippen molar-refractivity contribution in [2.24, 2.45) is 0 Å². The molecule has 0 spiro atoms. The molecule has 19 heavy (non-hydrogen) atoms. The van der Waals surface area contributed by atoms with Crippen LogP contribution >= 0.6 is 0 Å². The van der Waals surface area contributed by atoms with Gasteiger partial charge in [-0.25, -0.2) is 0 Å². The minimum absolute atomic E-state index is 0.659. The highest BCUT2D eigenvalue weighted by Gasteiger charge is 2.06. The molecule has 1 aromatic heterocycles. The van der Waals surface area contributed by atoms with Gasteiger partial charge in [-0.15, -0.1) is 0 Å². The van der Waals surface area contributed by atoms with Gasteiger partial charge in [0.2, 0.25) is 0 Å². The fourth-order valence-electron chi connectivity index (χ4n) is 1.99. The van der Waals surface area contributed by atoms with Crippen molar-refractivity contribution in [1.82, 2.24) is 4.98 Å². The van der Waals surface area contributed by atoms with Crippen LogP contribution in [0.4, 0.5) is 5.69 Å². The monoisotopic (exact) mass is 250 g/mol. The number of anilines is 1. The van der Waals surface area contributed by atoms with E-state index < -0.39 is 0 Å². The summed E-state index contributed by atoms with van der Waals surface area (Å²) < 4.78 is 5.91. The van der Waals surface area contributed by atoms with Gasteiger partial charge in [0, 0.05) is 11.6 Å². The van der Waals surface area contributed by atoms with Crippen LogP contribution in [-0.2, 0) is 0 Å². The minimum Gasteiger partial charge on any atom is -0.457 e. The average molecular weight is 250 g/mol. The maximum absolute atomic E-state index is 5.92. The molecular formula is C16H14N2O. The number of rotatable bonds is 2. The van der Waals surface area contributed by atoms with Crippen molar-refractivity contribution in [3.05, 3.63) is 60.3 Å². The third kappa shape index (κ3) is 2.22. The van der Waals surface area contributed by atoms with Crippen molar-refractivity contribution < 1.29 is 4.74 Å². The SMILES string of the molecule is Cc1ccc(Oc2ccc(N)c3ncccc23)cc1. The lowest BCUT2D eigenvalue weighted by Crippen LogP contribution is -1.92. The fraction of sp³-hybridized carbons (Fsp3) is 0.0625. The van der Waals surface area contributed by atoms with Crippen LogP contribution in [0.1, 0.15) is 5.56 Å². The van der Waals surface area contributed by atoms with Crippen molar-refractivity contribution in [3.63, 3.8) is 0 Å². The number of nitrogen functional groups attached to an aromatic ring is 1. The van der Waals surface area contributed by atoms with E-state index in [-0.39, 0.29) is 0 Å². The smallest absolute Gasteiger partial charge is 0.136 e. The van der Waals surface area contributed by atoms with Gasteiger partial charge < -0.3 is 10.5 Å². The summed E-state index contributed by atoms with van der Waals surface area (Å²) in [6, 6.07) is 15.5. The maximum Gasteiger partial charge on any atom is 0.136 e. The van der Waals surface area contributed by atoms with Crippen LogP contribution in [-0.4, -0.2) is 4.98 Å². The molecule has 1 heterocycles. The van der Waals surface area contributed by atoms with Crippen LogP contribution in [0.15, 0.2) is 54.7 Å². The Morgan fingerprint density at radius 1 is 1.00 bits per heavy atom. The summed E-state index contributed by atoms with van der Waals surface area (Å²) in [6.45, 7) is 2.05. The Balaban J connectivity index is 2.06. The molecule has 0 bridgehead atoms. The molecule has 0 atom stereocenters. The third-order valence-corrected chi connectivity index (χ3v) is 3.01. The number of benzene rings is 2. The van der Waals surface area contributed by atoms with E-state index in [1.54, 1.807) is 6.20 Å². The molecule has 2 N–H and O–H groups in total. The Bertz CT molecular complexity index is 720. The summed E-state index contributed by atoms with van der Waals surface area (Å²) in [5.41, 5.74) is 8.55. The number of nitrogens with two attached hydrogens (primary N) is 1. The van der Waals surface area contributed by atoms with Crippen LogP contribution in [0.5, 0.6) is 11.5 Å². The van der Waals surface area contributed by atoms with Crippen molar-refractivity contribution in [2.75, 3.05) is 5.73 Å². The van der Waals surface area contributed by atoms with Crippen LogP contribution < -0.4 is 10.5 Å². The van der Waals surface area contributed by atoms with Crippen molar-refractivity contribution in [1.29, 1.82) is 0 Å². The van der Waals surface area contributed by atoms with Gasteiger partial charge in [0.25, 0.3) is 0 Å². The first-order chi connectivity index (χ1) is 9.24. The first kappa shape index (κ1) is 11.5. The summed E-state index contributed by atoms with van der Waals surface area (Å²) in [6.07, 6.45) is 1.73. The lowest BCUT2D eigenvalue weighted by atomic mass is 10.1. The Morgan fingerprint density at radius 2 is 1.79 bits per heavy atom. The standard InChI is InChI=1S/C16H14N2O/c1-11-4-6-12(7-5-11)19-15-9-8-14(17)16-13(15)3-2-10-18-16/h2-10H,17H2,1H3. The second kappa shape index (κ2) is 4.61. The average Bonchev–Trinajstić information content (AvgIpc) is 2.45. The van der Waals surface area contributed by atoms with Gasteiger partial charge in [-0.1, -0.05) is 17.7 Å². The molecule has 0 aliphatic carbocycles. The zero-order valence-electron chi connectivity index (χ0n) is 10.6. The van der Waals surface area contributed by atoms with Gasteiger partial charge in [-0.2, -0.15) is 0 Å². The lowest BCUT2D eigenvalue weighted by molar-refractivity contribution is 0.488. The van der Waals surface area contributed by atoms with E-state index in [0.29, 0.717) is 5.69 Å². The quantitative estimate of drug-likeness (QED) is 0.701. The largest absolute Gasteiger partial charge is 0.457 e. The number of hydrogen-bond acceptors (Lipinski definition) is 3. The molecule has 3 rings (SSSR count).